The molecular weight excluding hydrogens is 480 g/mol. The fraction of sp³-hybridized carbons (Fsp3) is 0.375. The molecule has 4 rings (SSSR count). The number of aromatic hydroxyl groups is 1. The lowest BCUT2D eigenvalue weighted by molar-refractivity contribution is -0.277. The van der Waals surface area contributed by atoms with Gasteiger partial charge in [0.2, 0.25) is 12.0 Å². The van der Waals surface area contributed by atoms with Crippen LogP contribution in [0.25, 0.3) is 22.3 Å². The maximum atomic E-state index is 12.8. The van der Waals surface area contributed by atoms with Gasteiger partial charge in [0.25, 0.3) is 0 Å². The van der Waals surface area contributed by atoms with Crippen molar-refractivity contribution in [3.05, 3.63) is 40.6 Å². The fourth-order valence-electron chi connectivity index (χ4n) is 3.96. The van der Waals surface area contributed by atoms with E-state index in [0.29, 0.717) is 5.56 Å². The Morgan fingerprint density at radius 3 is 2.25 bits per heavy atom. The van der Waals surface area contributed by atoms with Gasteiger partial charge >= 0.3 is 0 Å². The monoisotopic (exact) mass is 506 g/mol. The largest absolute Gasteiger partial charge is 0.504 e. The third-order valence-corrected chi connectivity index (χ3v) is 5.88. The maximum Gasteiger partial charge on any atom is 0.229 e. The van der Waals surface area contributed by atoms with Gasteiger partial charge in [-0.15, -0.1) is 0 Å². The van der Waals surface area contributed by atoms with Crippen molar-refractivity contribution in [3.8, 4) is 40.1 Å². The van der Waals surface area contributed by atoms with Crippen molar-refractivity contribution < 1.29 is 53.6 Å². The molecule has 2 heterocycles. The molecule has 3 aromatic rings. The summed E-state index contributed by atoms with van der Waals surface area (Å²) in [5.74, 6) is 0.190. The summed E-state index contributed by atoms with van der Waals surface area (Å²) in [5, 5.41) is 49.9. The molecule has 1 aromatic heterocycles. The molecule has 0 spiro atoms. The van der Waals surface area contributed by atoms with Gasteiger partial charge in [0.1, 0.15) is 41.1 Å². The average Bonchev–Trinajstić information content (AvgIpc) is 2.88. The van der Waals surface area contributed by atoms with Gasteiger partial charge in [-0.05, 0) is 18.2 Å². The van der Waals surface area contributed by atoms with E-state index in [-0.39, 0.29) is 39.7 Å². The first kappa shape index (κ1) is 25.5. The fourth-order valence-corrected chi connectivity index (χ4v) is 3.96. The van der Waals surface area contributed by atoms with Gasteiger partial charge < -0.3 is 53.6 Å². The van der Waals surface area contributed by atoms with Crippen LogP contribution in [-0.4, -0.2) is 84.2 Å². The Morgan fingerprint density at radius 1 is 0.889 bits per heavy atom. The maximum absolute atomic E-state index is 12.8. The summed E-state index contributed by atoms with van der Waals surface area (Å²) in [5.41, 5.74) is -0.0418. The summed E-state index contributed by atoms with van der Waals surface area (Å²) in [6, 6.07) is 7.13. The van der Waals surface area contributed by atoms with Crippen molar-refractivity contribution in [2.75, 3.05) is 27.9 Å². The average molecular weight is 506 g/mol. The van der Waals surface area contributed by atoms with E-state index in [4.69, 9.17) is 28.1 Å². The van der Waals surface area contributed by atoms with Crippen LogP contribution in [0, 0.1) is 0 Å². The number of benzene rings is 2. The minimum Gasteiger partial charge on any atom is -0.504 e. The molecule has 1 fully saturated rings. The lowest BCUT2D eigenvalue weighted by Gasteiger charge is -2.39. The van der Waals surface area contributed by atoms with Gasteiger partial charge in [-0.1, -0.05) is 0 Å². The normalized spacial score (nSPS) is 23.9. The minimum atomic E-state index is -1.61. The van der Waals surface area contributed by atoms with Crippen LogP contribution in [0.15, 0.2) is 39.5 Å². The summed E-state index contributed by atoms with van der Waals surface area (Å²) >= 11 is 0. The highest BCUT2D eigenvalue weighted by Crippen LogP contribution is 2.42. The number of aliphatic hydroxyl groups is 4. The van der Waals surface area contributed by atoms with Crippen molar-refractivity contribution in [2.45, 2.75) is 30.7 Å². The Labute approximate surface area is 204 Å². The number of ether oxygens (including phenoxy) is 5. The summed E-state index contributed by atoms with van der Waals surface area (Å²) < 4.78 is 32.6. The van der Waals surface area contributed by atoms with Crippen molar-refractivity contribution in [1.29, 1.82) is 0 Å². The molecule has 5 atom stereocenters. The van der Waals surface area contributed by atoms with Gasteiger partial charge in [0, 0.05) is 17.7 Å². The number of phenolic OH excluding ortho intramolecular Hbond substituents is 1. The number of methoxy groups -OCH3 is 3. The number of hydrogen-bond donors (Lipinski definition) is 5. The predicted octanol–water partition coefficient (Wildman–Crippen LogP) is 0.370. The smallest absolute Gasteiger partial charge is 0.229 e. The molecule has 0 bridgehead atoms. The van der Waals surface area contributed by atoms with Crippen LogP contribution >= 0.6 is 0 Å². The van der Waals surface area contributed by atoms with Crippen LogP contribution in [0.5, 0.6) is 28.7 Å². The van der Waals surface area contributed by atoms with Gasteiger partial charge in [0.05, 0.1) is 27.9 Å². The Morgan fingerprint density at radius 2 is 1.61 bits per heavy atom. The first-order valence-electron chi connectivity index (χ1n) is 10.8. The van der Waals surface area contributed by atoms with Crippen molar-refractivity contribution in [2.24, 2.45) is 0 Å². The number of phenols is 1. The summed E-state index contributed by atoms with van der Waals surface area (Å²) in [6.07, 6.45) is -7.29. The van der Waals surface area contributed by atoms with Crippen LogP contribution in [0.3, 0.4) is 0 Å². The lowest BCUT2D eigenvalue weighted by Crippen LogP contribution is -2.60. The van der Waals surface area contributed by atoms with Gasteiger partial charge in [-0.25, -0.2) is 0 Å². The molecule has 1 aliphatic rings. The third kappa shape index (κ3) is 4.40. The van der Waals surface area contributed by atoms with E-state index in [1.54, 1.807) is 6.07 Å². The molecule has 5 N–H and O–H groups in total. The highest BCUT2D eigenvalue weighted by Gasteiger charge is 2.45. The molecular formula is C24H26O12. The molecule has 36 heavy (non-hydrogen) atoms. The SMILES string of the molecule is COc1cc(-c2cc(=O)c3c(O)c(OC)c(OC)cc3o2)ccc1O[C@H]1O[C@@H](CO)[C@H](O)[C@@H](O)[C@@H]1O. The lowest BCUT2D eigenvalue weighted by atomic mass is 9.99. The zero-order valence-electron chi connectivity index (χ0n) is 19.6. The predicted molar refractivity (Wildman–Crippen MR) is 124 cm³/mol. The number of aliphatic hydroxyl groups excluding tert-OH is 4. The highest BCUT2D eigenvalue weighted by molar-refractivity contribution is 5.89. The Balaban J connectivity index is 1.70. The first-order valence-corrected chi connectivity index (χ1v) is 10.8. The molecule has 1 saturated heterocycles. The van der Waals surface area contributed by atoms with E-state index in [2.05, 4.69) is 0 Å². The number of fused-ring (bicyclic) bond motifs is 1. The molecule has 0 saturated carbocycles. The van der Waals surface area contributed by atoms with E-state index in [1.807, 2.05) is 0 Å². The molecule has 194 valence electrons. The second-order valence-corrected chi connectivity index (χ2v) is 7.99. The van der Waals surface area contributed by atoms with E-state index in [0.717, 1.165) is 0 Å². The zero-order chi connectivity index (χ0) is 26.1. The summed E-state index contributed by atoms with van der Waals surface area (Å²) in [7, 11) is 4.08. The summed E-state index contributed by atoms with van der Waals surface area (Å²) in [4.78, 5) is 12.8. The molecule has 0 amide bonds. The van der Waals surface area contributed by atoms with Crippen molar-refractivity contribution >= 4 is 11.0 Å². The Hall–Kier alpha value is -3.55. The standard InChI is InChI=1S/C24H26O12/c1-31-14-6-10(4-5-12(14)35-24-22(30)21(29)19(27)17(9-25)36-24)13-7-11(26)18-15(34-13)8-16(32-2)23(33-3)20(18)28/h4-8,17,19,21-22,24-25,27-30H,9H2,1-3H3/t17-,19-,21+,22-,24-/m0/s1. The molecule has 1 aliphatic heterocycles. The Bertz CT molecular complexity index is 1300. The summed E-state index contributed by atoms with van der Waals surface area (Å²) in [6.45, 7) is -0.603. The van der Waals surface area contributed by atoms with Crippen LogP contribution in [0.1, 0.15) is 0 Å². The Kier molecular flexibility index (Phi) is 7.24. The van der Waals surface area contributed by atoms with E-state index in [9.17, 15) is 30.3 Å². The number of rotatable bonds is 7. The van der Waals surface area contributed by atoms with Crippen LogP contribution in [-0.2, 0) is 4.74 Å². The molecule has 12 heteroatoms. The van der Waals surface area contributed by atoms with E-state index in [1.165, 1.54) is 45.6 Å². The van der Waals surface area contributed by atoms with Gasteiger partial charge in [0.15, 0.2) is 28.4 Å². The zero-order valence-corrected chi connectivity index (χ0v) is 19.6. The van der Waals surface area contributed by atoms with Gasteiger partial charge in [-0.3, -0.25) is 4.79 Å². The third-order valence-electron chi connectivity index (χ3n) is 5.88. The second-order valence-electron chi connectivity index (χ2n) is 7.99. The molecule has 0 aliphatic carbocycles. The number of hydrogen-bond acceptors (Lipinski definition) is 12. The topological polar surface area (TPSA) is 178 Å². The quantitative estimate of drug-likeness (QED) is 0.298. The van der Waals surface area contributed by atoms with Gasteiger partial charge in [-0.2, -0.15) is 0 Å². The van der Waals surface area contributed by atoms with Crippen LogP contribution in [0.4, 0.5) is 0 Å². The van der Waals surface area contributed by atoms with E-state index < -0.39 is 48.5 Å². The molecule has 0 unspecified atom stereocenters. The molecule has 12 nitrogen and oxygen atoms in total. The molecule has 0 radical (unpaired) electrons. The van der Waals surface area contributed by atoms with Crippen LogP contribution < -0.4 is 24.4 Å². The van der Waals surface area contributed by atoms with Crippen molar-refractivity contribution in [3.63, 3.8) is 0 Å². The van der Waals surface area contributed by atoms with Crippen LogP contribution in [0.2, 0.25) is 0 Å². The minimum absolute atomic E-state index is 0.00131. The first-order chi connectivity index (χ1) is 17.2. The van der Waals surface area contributed by atoms with E-state index >= 15 is 0 Å². The highest BCUT2D eigenvalue weighted by atomic mass is 16.7. The molecule has 2 aromatic carbocycles. The second kappa shape index (κ2) is 10.2. The van der Waals surface area contributed by atoms with Crippen molar-refractivity contribution in [1.82, 2.24) is 0 Å².